The molecule has 222 valence electrons. The van der Waals surface area contributed by atoms with Crippen molar-refractivity contribution in [3.05, 3.63) is 101 Å². The maximum Gasteiger partial charge on any atom is 0.294 e. The summed E-state index contributed by atoms with van der Waals surface area (Å²) in [6, 6.07) is 14.1. The molecule has 0 aliphatic carbocycles. The van der Waals surface area contributed by atoms with E-state index in [9.17, 15) is 14.0 Å². The van der Waals surface area contributed by atoms with E-state index in [1.54, 1.807) is 47.9 Å². The van der Waals surface area contributed by atoms with E-state index in [-0.39, 0.29) is 30.0 Å². The van der Waals surface area contributed by atoms with E-state index in [0.29, 0.717) is 23.5 Å². The van der Waals surface area contributed by atoms with Crippen LogP contribution in [0, 0.1) is 18.7 Å². The third kappa shape index (κ3) is 5.37. The highest BCUT2D eigenvalue weighted by Gasteiger charge is 2.19. The predicted octanol–water partition coefficient (Wildman–Crippen LogP) is 4.92. The quantitative estimate of drug-likeness (QED) is 0.266. The van der Waals surface area contributed by atoms with Gasteiger partial charge in [0.2, 0.25) is 5.91 Å². The van der Waals surface area contributed by atoms with Gasteiger partial charge in [0.15, 0.2) is 11.6 Å². The zero-order chi connectivity index (χ0) is 31.0. The number of tetrazole rings is 1. The molecule has 6 aromatic rings. The van der Waals surface area contributed by atoms with Crippen LogP contribution in [0.5, 0.6) is 0 Å². The summed E-state index contributed by atoms with van der Waals surface area (Å²) in [5.74, 6) is -0.341. The summed E-state index contributed by atoms with van der Waals surface area (Å²) < 4.78 is 19.0. The van der Waals surface area contributed by atoms with E-state index in [1.165, 1.54) is 12.1 Å². The molecular weight excluding hydrogens is 561 g/mol. The Morgan fingerprint density at radius 2 is 1.89 bits per heavy atom. The molecule has 44 heavy (non-hydrogen) atoms. The van der Waals surface area contributed by atoms with Crippen LogP contribution in [0.4, 0.5) is 10.2 Å². The van der Waals surface area contributed by atoms with E-state index in [4.69, 9.17) is 0 Å². The second-order valence-electron chi connectivity index (χ2n) is 10.8. The molecule has 4 heterocycles. The number of hydrogen-bond donors (Lipinski definition) is 1. The number of aromatic nitrogens is 8. The molecule has 0 aliphatic heterocycles. The molecule has 2 aromatic carbocycles. The normalized spacial score (nSPS) is 12.0. The maximum atomic E-state index is 14.0. The van der Waals surface area contributed by atoms with Crippen LogP contribution < -0.4 is 10.9 Å². The number of halogens is 1. The molecular formula is C32H30FN9O2. The smallest absolute Gasteiger partial charge is 0.294 e. The van der Waals surface area contributed by atoms with Gasteiger partial charge >= 0.3 is 0 Å². The Bertz CT molecular complexity index is 2080. The molecule has 0 radical (unpaired) electrons. The summed E-state index contributed by atoms with van der Waals surface area (Å²) in [4.78, 5) is 35.5. The number of hydrogen-bond acceptors (Lipinski definition) is 7. The van der Waals surface area contributed by atoms with Crippen LogP contribution in [0.3, 0.4) is 0 Å². The Kier molecular flexibility index (Phi) is 7.56. The Morgan fingerprint density at radius 3 is 2.66 bits per heavy atom. The average Bonchev–Trinajstić information content (AvgIpc) is 3.61. The Hall–Kier alpha value is -5.52. The van der Waals surface area contributed by atoms with Crippen LogP contribution in [0.15, 0.2) is 78.1 Å². The summed E-state index contributed by atoms with van der Waals surface area (Å²) in [5, 5.41) is 15.3. The molecule has 6 rings (SSSR count). The van der Waals surface area contributed by atoms with Crippen molar-refractivity contribution in [3.63, 3.8) is 0 Å². The molecule has 0 saturated carbocycles. The summed E-state index contributed by atoms with van der Waals surface area (Å²) in [7, 11) is 1.75. The molecule has 0 unspecified atom stereocenters. The fourth-order valence-electron chi connectivity index (χ4n) is 5.13. The average molecular weight is 592 g/mol. The number of amides is 1. The number of nitrogens with one attached hydrogen (secondary N) is 1. The first kappa shape index (κ1) is 28.6. The minimum atomic E-state index is -0.451. The van der Waals surface area contributed by atoms with Gasteiger partial charge in [-0.25, -0.2) is 14.1 Å². The molecule has 0 aliphatic rings. The summed E-state index contributed by atoms with van der Waals surface area (Å²) in [5.41, 5.74) is 4.84. The van der Waals surface area contributed by atoms with Gasteiger partial charge in [-0.05, 0) is 65.2 Å². The first-order chi connectivity index (χ1) is 21.2. The third-order valence-corrected chi connectivity index (χ3v) is 7.76. The van der Waals surface area contributed by atoms with E-state index in [0.717, 1.165) is 33.3 Å². The van der Waals surface area contributed by atoms with Crippen molar-refractivity contribution in [3.8, 4) is 28.3 Å². The van der Waals surface area contributed by atoms with Crippen LogP contribution in [-0.4, -0.2) is 45.2 Å². The minimum Gasteiger partial charge on any atom is -0.315 e. The lowest BCUT2D eigenvalue weighted by Gasteiger charge is -2.16. The van der Waals surface area contributed by atoms with E-state index < -0.39 is 5.56 Å². The predicted molar refractivity (Wildman–Crippen MR) is 165 cm³/mol. The van der Waals surface area contributed by atoms with Crippen LogP contribution >= 0.6 is 0 Å². The Labute approximate surface area is 252 Å². The second-order valence-corrected chi connectivity index (χ2v) is 10.8. The minimum absolute atomic E-state index is 0.0501. The fourth-order valence-corrected chi connectivity index (χ4v) is 5.13. The number of fused-ring (bicyclic) bond motifs is 1. The summed E-state index contributed by atoms with van der Waals surface area (Å²) in [6.45, 7) is 5.78. The molecule has 11 nitrogen and oxygen atoms in total. The molecule has 0 spiro atoms. The van der Waals surface area contributed by atoms with E-state index >= 15 is 0 Å². The first-order valence-corrected chi connectivity index (χ1v) is 14.2. The largest absolute Gasteiger partial charge is 0.315 e. The SMILES string of the molecule is CC[C@@H](C)C(=O)Nc1ncc(-c2cccc(-c3nnnn3C)c2)n(Cc2cncc(-n3cc(C)c4cc(F)ccc43)c2)c1=O. The van der Waals surface area contributed by atoms with Crippen LogP contribution in [-0.2, 0) is 18.4 Å². The molecule has 0 bridgehead atoms. The van der Waals surface area contributed by atoms with E-state index in [1.807, 2.05) is 54.9 Å². The number of aryl methyl sites for hydroxylation is 2. The van der Waals surface area contributed by atoms with Gasteiger partial charge in [-0.3, -0.25) is 19.1 Å². The number of pyridine rings is 1. The molecule has 0 saturated heterocycles. The first-order valence-electron chi connectivity index (χ1n) is 14.2. The highest BCUT2D eigenvalue weighted by Crippen LogP contribution is 2.27. The lowest BCUT2D eigenvalue weighted by atomic mass is 10.1. The number of rotatable bonds is 8. The highest BCUT2D eigenvalue weighted by molar-refractivity contribution is 5.91. The monoisotopic (exact) mass is 591 g/mol. The van der Waals surface area contributed by atoms with Crippen molar-refractivity contribution < 1.29 is 9.18 Å². The summed E-state index contributed by atoms with van der Waals surface area (Å²) in [6.07, 6.45) is 7.55. The number of benzene rings is 2. The van der Waals surface area contributed by atoms with Gasteiger partial charge in [0.25, 0.3) is 5.56 Å². The van der Waals surface area contributed by atoms with Crippen molar-refractivity contribution in [2.45, 2.75) is 33.7 Å². The van der Waals surface area contributed by atoms with E-state index in [2.05, 4.69) is 30.8 Å². The fraction of sp³-hybridized carbons (Fsp3) is 0.219. The second kappa shape index (κ2) is 11.6. The zero-order valence-electron chi connectivity index (χ0n) is 24.7. The molecule has 12 heteroatoms. The summed E-state index contributed by atoms with van der Waals surface area (Å²) >= 11 is 0. The standard InChI is InChI=1S/C32H30FN9O2/c1-5-19(2)31(43)36-29-32(44)42(28(16-35-29)22-7-6-8-23(12-22)30-37-38-39-40(30)4)18-21-11-25(15-34-14-21)41-17-20(3)26-13-24(33)9-10-27(26)41/h6-17,19H,5,18H2,1-4H3,(H,35,36,43)/t19-/m1/s1. The molecule has 4 aromatic heterocycles. The van der Waals surface area contributed by atoms with Crippen molar-refractivity contribution in [2.24, 2.45) is 13.0 Å². The lowest BCUT2D eigenvalue weighted by Crippen LogP contribution is -2.30. The number of carbonyl (C=O) groups excluding carboxylic acids is 1. The molecule has 1 amide bonds. The van der Waals surface area contributed by atoms with Crippen molar-refractivity contribution in [1.29, 1.82) is 0 Å². The van der Waals surface area contributed by atoms with Crippen molar-refractivity contribution in [1.82, 2.24) is 39.3 Å². The van der Waals surface area contributed by atoms with Crippen LogP contribution in [0.25, 0.3) is 39.2 Å². The Balaban J connectivity index is 1.45. The topological polar surface area (TPSA) is 125 Å². The number of anilines is 1. The Morgan fingerprint density at radius 1 is 1.07 bits per heavy atom. The zero-order valence-corrected chi connectivity index (χ0v) is 24.7. The number of carbonyl (C=O) groups is 1. The van der Waals surface area contributed by atoms with Gasteiger partial charge in [0.1, 0.15) is 5.82 Å². The van der Waals surface area contributed by atoms with Gasteiger partial charge in [-0.15, -0.1) is 5.10 Å². The highest BCUT2D eigenvalue weighted by atomic mass is 19.1. The third-order valence-electron chi connectivity index (χ3n) is 7.76. The van der Waals surface area contributed by atoms with Gasteiger partial charge in [0, 0.05) is 41.9 Å². The van der Waals surface area contributed by atoms with Crippen molar-refractivity contribution >= 4 is 22.6 Å². The van der Waals surface area contributed by atoms with Gasteiger partial charge in [-0.2, -0.15) is 0 Å². The maximum absolute atomic E-state index is 14.0. The van der Waals surface area contributed by atoms with Crippen LogP contribution in [0.1, 0.15) is 31.4 Å². The van der Waals surface area contributed by atoms with Crippen LogP contribution in [0.2, 0.25) is 0 Å². The lowest BCUT2D eigenvalue weighted by molar-refractivity contribution is -0.119. The molecule has 0 fully saturated rings. The molecule has 1 atom stereocenters. The number of nitrogens with zero attached hydrogens (tertiary/aromatic N) is 8. The van der Waals surface area contributed by atoms with Crippen molar-refractivity contribution in [2.75, 3.05) is 5.32 Å². The van der Waals surface area contributed by atoms with Gasteiger partial charge in [-0.1, -0.05) is 32.0 Å². The van der Waals surface area contributed by atoms with Gasteiger partial charge < -0.3 is 9.88 Å². The molecule has 1 N–H and O–H groups in total. The van der Waals surface area contributed by atoms with Gasteiger partial charge in [0.05, 0.1) is 35.8 Å².